The summed E-state index contributed by atoms with van der Waals surface area (Å²) in [4.78, 5) is 0. The van der Waals surface area contributed by atoms with Crippen molar-refractivity contribution in [1.82, 2.24) is 0 Å². The molecule has 0 heterocycles. The number of rotatable bonds is 3. The van der Waals surface area contributed by atoms with Gasteiger partial charge in [-0.15, -0.1) is 13.2 Å². The van der Waals surface area contributed by atoms with E-state index in [1.54, 1.807) is 0 Å². The van der Waals surface area contributed by atoms with Crippen LogP contribution in [0.1, 0.15) is 26.3 Å². The van der Waals surface area contributed by atoms with Crippen molar-refractivity contribution in [3.05, 3.63) is 29.6 Å². The molecule has 0 aliphatic heterocycles. The molecule has 0 aliphatic rings. The first kappa shape index (κ1) is 14.8. The Morgan fingerprint density at radius 2 is 1.78 bits per heavy atom. The Morgan fingerprint density at radius 1 is 1.17 bits per heavy atom. The van der Waals surface area contributed by atoms with Gasteiger partial charge in [0.2, 0.25) is 0 Å². The summed E-state index contributed by atoms with van der Waals surface area (Å²) in [6, 6.07) is 3.50. The second kappa shape index (κ2) is 5.14. The fourth-order valence-electron chi connectivity index (χ4n) is 1.30. The Balaban J connectivity index is 2.81. The van der Waals surface area contributed by atoms with Crippen LogP contribution in [0, 0.1) is 5.82 Å². The van der Waals surface area contributed by atoms with Gasteiger partial charge in [0.15, 0.2) is 11.6 Å². The van der Waals surface area contributed by atoms with Crippen LogP contribution in [0.25, 0.3) is 0 Å². The summed E-state index contributed by atoms with van der Waals surface area (Å²) in [6.07, 6.45) is -4.88. The minimum Gasteiger partial charge on any atom is -0.403 e. The topological polar surface area (TPSA) is 25.8 Å². The van der Waals surface area contributed by atoms with Crippen LogP contribution in [0.5, 0.6) is 5.75 Å². The molecule has 1 aromatic rings. The summed E-state index contributed by atoms with van der Waals surface area (Å²) >= 11 is 0. The third-order valence-corrected chi connectivity index (χ3v) is 2.17. The van der Waals surface area contributed by atoms with E-state index in [0.29, 0.717) is 12.1 Å². The Hall–Kier alpha value is -1.30. The smallest absolute Gasteiger partial charge is 0.403 e. The molecule has 1 rings (SSSR count). The molecule has 0 atom stereocenters. The van der Waals surface area contributed by atoms with Crippen molar-refractivity contribution in [2.75, 3.05) is 0 Å². The van der Waals surface area contributed by atoms with E-state index in [-0.39, 0.29) is 5.54 Å². The molecule has 102 valence electrons. The van der Waals surface area contributed by atoms with E-state index in [0.717, 1.165) is 12.1 Å². The highest BCUT2D eigenvalue weighted by Gasteiger charge is 2.32. The molecule has 2 N–H and O–H groups in total. The summed E-state index contributed by atoms with van der Waals surface area (Å²) in [7, 11) is 0. The van der Waals surface area contributed by atoms with Gasteiger partial charge in [-0.25, -0.2) is 4.39 Å². The summed E-state index contributed by atoms with van der Waals surface area (Å²) < 4.78 is 52.8. The number of hydrogen-bond acceptors (Lipinski definition) is 1. The number of hydrogen-bond donors (Lipinski definition) is 1. The van der Waals surface area contributed by atoms with Crippen molar-refractivity contribution in [2.45, 2.75) is 39.2 Å². The second-order valence-electron chi connectivity index (χ2n) is 5.09. The van der Waals surface area contributed by atoms with Crippen LogP contribution in [-0.2, 0) is 6.54 Å². The predicted octanol–water partition coefficient (Wildman–Crippen LogP) is 2.59. The predicted molar refractivity (Wildman–Crippen MR) is 58.5 cm³/mol. The summed E-state index contributed by atoms with van der Waals surface area (Å²) in [5, 5.41) is 1.94. The fraction of sp³-hybridized carbons (Fsp3) is 0.500. The lowest BCUT2D eigenvalue weighted by atomic mass is 10.1. The molecule has 0 unspecified atom stereocenters. The fourth-order valence-corrected chi connectivity index (χ4v) is 1.30. The van der Waals surface area contributed by atoms with Crippen LogP contribution < -0.4 is 10.1 Å². The van der Waals surface area contributed by atoms with Gasteiger partial charge >= 0.3 is 6.36 Å². The first-order valence-corrected chi connectivity index (χ1v) is 5.45. The largest absolute Gasteiger partial charge is 0.573 e. The highest BCUT2D eigenvalue weighted by atomic mass is 19.4. The van der Waals surface area contributed by atoms with Gasteiger partial charge in [-0.3, -0.25) is 0 Å². The average molecular weight is 266 g/mol. The lowest BCUT2D eigenvalue weighted by molar-refractivity contribution is -0.731. The van der Waals surface area contributed by atoms with E-state index >= 15 is 0 Å². The summed E-state index contributed by atoms with van der Waals surface area (Å²) in [6.45, 7) is 6.38. The quantitative estimate of drug-likeness (QED) is 0.836. The van der Waals surface area contributed by atoms with Gasteiger partial charge < -0.3 is 10.1 Å². The molecule has 0 fully saturated rings. The van der Waals surface area contributed by atoms with Crippen LogP contribution >= 0.6 is 0 Å². The molecule has 0 spiro atoms. The molecule has 1 aromatic carbocycles. The molecular weight excluding hydrogens is 250 g/mol. The maximum absolute atomic E-state index is 13.1. The Bertz CT molecular complexity index is 410. The summed E-state index contributed by atoms with van der Waals surface area (Å²) in [5.74, 6) is -1.81. The van der Waals surface area contributed by atoms with E-state index in [2.05, 4.69) is 4.74 Å². The van der Waals surface area contributed by atoms with Crippen molar-refractivity contribution in [3.8, 4) is 5.75 Å². The zero-order valence-electron chi connectivity index (χ0n) is 10.4. The monoisotopic (exact) mass is 266 g/mol. The van der Waals surface area contributed by atoms with Gasteiger partial charge in [0.25, 0.3) is 0 Å². The number of alkyl halides is 3. The lowest BCUT2D eigenvalue weighted by Crippen LogP contribution is -2.92. The second-order valence-corrected chi connectivity index (χ2v) is 5.09. The first-order valence-electron chi connectivity index (χ1n) is 5.45. The highest BCUT2D eigenvalue weighted by molar-refractivity contribution is 5.30. The molecule has 2 nitrogen and oxygen atoms in total. The number of benzene rings is 1. The average Bonchev–Trinajstić information content (AvgIpc) is 2.16. The number of quaternary nitrogens is 1. The van der Waals surface area contributed by atoms with Crippen molar-refractivity contribution in [3.63, 3.8) is 0 Å². The molecule has 0 aromatic heterocycles. The Kier molecular flexibility index (Phi) is 4.21. The van der Waals surface area contributed by atoms with Crippen molar-refractivity contribution in [1.29, 1.82) is 0 Å². The van der Waals surface area contributed by atoms with Gasteiger partial charge in [-0.1, -0.05) is 6.07 Å². The number of nitrogens with two attached hydrogens (primary N) is 1. The normalized spacial score (nSPS) is 12.6. The standard InChI is InChI=1S/C12H15F4NO/c1-11(2,3)17-7-8-4-5-9(13)10(6-8)18-12(14,15)16/h4-6,17H,7H2,1-3H3/p+1. The SMILES string of the molecule is CC(C)(C)[NH2+]Cc1ccc(F)c(OC(F)(F)F)c1. The van der Waals surface area contributed by atoms with Crippen LogP contribution in [0.15, 0.2) is 18.2 Å². The molecule has 0 radical (unpaired) electrons. The maximum atomic E-state index is 13.1. The van der Waals surface area contributed by atoms with Crippen LogP contribution in [0.2, 0.25) is 0 Å². The molecule has 0 aliphatic carbocycles. The van der Waals surface area contributed by atoms with Crippen molar-refractivity contribution >= 4 is 0 Å². The maximum Gasteiger partial charge on any atom is 0.573 e. The van der Waals surface area contributed by atoms with Gasteiger partial charge in [0.1, 0.15) is 6.54 Å². The molecule has 0 amide bonds. The minimum absolute atomic E-state index is 0.0561. The zero-order valence-corrected chi connectivity index (χ0v) is 10.4. The summed E-state index contributed by atoms with van der Waals surface area (Å²) in [5.41, 5.74) is 0.518. The third-order valence-electron chi connectivity index (χ3n) is 2.17. The molecule has 6 heteroatoms. The highest BCUT2D eigenvalue weighted by Crippen LogP contribution is 2.26. The van der Waals surface area contributed by atoms with Crippen LogP contribution in [0.4, 0.5) is 17.6 Å². The zero-order chi connectivity index (χ0) is 14.0. The third kappa shape index (κ3) is 5.35. The van der Waals surface area contributed by atoms with Gasteiger partial charge in [0, 0.05) is 5.56 Å². The Morgan fingerprint density at radius 3 is 2.28 bits per heavy atom. The van der Waals surface area contributed by atoms with E-state index in [9.17, 15) is 17.6 Å². The number of halogens is 4. The van der Waals surface area contributed by atoms with Gasteiger partial charge in [-0.2, -0.15) is 0 Å². The van der Waals surface area contributed by atoms with E-state index in [4.69, 9.17) is 0 Å². The van der Waals surface area contributed by atoms with Crippen molar-refractivity contribution < 1.29 is 27.6 Å². The molecule has 18 heavy (non-hydrogen) atoms. The van der Waals surface area contributed by atoms with Crippen LogP contribution in [-0.4, -0.2) is 11.9 Å². The molecule has 0 bridgehead atoms. The van der Waals surface area contributed by atoms with E-state index < -0.39 is 17.9 Å². The van der Waals surface area contributed by atoms with E-state index in [1.165, 1.54) is 6.07 Å². The lowest BCUT2D eigenvalue weighted by Gasteiger charge is -2.17. The minimum atomic E-state index is -4.88. The molecule has 0 saturated heterocycles. The number of ether oxygens (including phenoxy) is 1. The Labute approximate surface area is 103 Å². The van der Waals surface area contributed by atoms with E-state index in [1.807, 2.05) is 26.1 Å². The molecular formula is C12H16F4NO+. The first-order chi connectivity index (χ1) is 8.07. The molecule has 0 saturated carbocycles. The van der Waals surface area contributed by atoms with Crippen LogP contribution in [0.3, 0.4) is 0 Å². The van der Waals surface area contributed by atoms with Crippen molar-refractivity contribution in [2.24, 2.45) is 0 Å². The van der Waals surface area contributed by atoms with Gasteiger partial charge in [0.05, 0.1) is 5.54 Å². The van der Waals surface area contributed by atoms with Gasteiger partial charge in [-0.05, 0) is 32.9 Å².